The fraction of sp³-hybridized carbons (Fsp3) is 0.276. The molecule has 0 aliphatic carbocycles. The molecule has 0 radical (unpaired) electrons. The predicted octanol–water partition coefficient (Wildman–Crippen LogP) is 14.7. The second kappa shape index (κ2) is 12.5. The number of rotatable bonds is 1. The van der Waals surface area contributed by atoms with Crippen molar-refractivity contribution in [3.8, 4) is 5.69 Å². The van der Waals surface area contributed by atoms with E-state index >= 15 is 0 Å². The molecule has 0 bridgehead atoms. The van der Waals surface area contributed by atoms with Gasteiger partial charge in [0.05, 0.1) is 55.5 Å². The summed E-state index contributed by atoms with van der Waals surface area (Å²) >= 11 is 0.802. The first-order chi connectivity index (χ1) is 38.2. The average molecular weight is 858 g/mol. The Labute approximate surface area is 405 Å². The first-order valence-corrected chi connectivity index (χ1v) is 22.1. The lowest BCUT2D eigenvalue weighted by Crippen LogP contribution is -2.62. The molecule has 312 valence electrons. The number of para-hydroxylation sites is 1. The predicted molar refractivity (Wildman–Crippen MR) is 276 cm³/mol. The summed E-state index contributed by atoms with van der Waals surface area (Å²) in [6.07, 6.45) is 0. The number of benzene rings is 7. The van der Waals surface area contributed by atoms with Crippen molar-refractivity contribution in [2.24, 2.45) is 0 Å². The maximum absolute atomic E-state index is 10.7. The summed E-state index contributed by atoms with van der Waals surface area (Å²) in [5, 5.41) is -0.0139. The number of anilines is 6. The average Bonchev–Trinajstić information content (AvgIpc) is 1.71. The monoisotopic (exact) mass is 858 g/mol. The van der Waals surface area contributed by atoms with Crippen molar-refractivity contribution in [2.45, 2.75) is 105 Å². The van der Waals surface area contributed by atoms with Gasteiger partial charge in [0.1, 0.15) is 0 Å². The van der Waals surface area contributed by atoms with Crippen LogP contribution in [0.1, 0.15) is 133 Å². The van der Waals surface area contributed by atoms with Gasteiger partial charge >= 0.3 is 0 Å². The minimum Gasteiger partial charge on any atom is -0.311 e. The highest BCUT2D eigenvalue weighted by Gasteiger charge is 2.47. The zero-order valence-corrected chi connectivity index (χ0v) is 38.1. The van der Waals surface area contributed by atoms with Crippen LogP contribution >= 0.6 is 11.3 Å². The van der Waals surface area contributed by atoms with Gasteiger partial charge in [-0.3, -0.25) is 0 Å². The highest BCUT2D eigenvalue weighted by molar-refractivity contribution is 7.25. The van der Waals surface area contributed by atoms with Crippen LogP contribution in [0.5, 0.6) is 0 Å². The Balaban J connectivity index is 1.40. The molecule has 2 aromatic heterocycles. The fourth-order valence-corrected chi connectivity index (χ4v) is 10.1. The summed E-state index contributed by atoms with van der Waals surface area (Å²) in [6.45, 7) is 19.9. The largest absolute Gasteiger partial charge is 0.311 e. The van der Waals surface area contributed by atoms with Gasteiger partial charge in [0, 0.05) is 53.7 Å². The Morgan fingerprint density at radius 3 is 1.79 bits per heavy atom. The molecule has 5 heterocycles. The fourth-order valence-electron chi connectivity index (χ4n) is 9.10. The molecule has 0 spiro atoms. The summed E-state index contributed by atoms with van der Waals surface area (Å²) in [4.78, 5) is 2.79. The van der Waals surface area contributed by atoms with Gasteiger partial charge < -0.3 is 14.4 Å². The van der Waals surface area contributed by atoms with Crippen LogP contribution in [0, 0.1) is 0 Å². The molecule has 12 rings (SSSR count). The van der Waals surface area contributed by atoms with Crippen LogP contribution in [-0.4, -0.2) is 11.3 Å². The zero-order chi connectivity index (χ0) is 61.3. The smallest absolute Gasteiger partial charge is 0.252 e. The number of nitrogens with zero attached hydrogens (tertiary/aromatic N) is 3. The third-order valence-electron chi connectivity index (χ3n) is 12.4. The van der Waals surface area contributed by atoms with Crippen molar-refractivity contribution in [3.63, 3.8) is 0 Å². The van der Waals surface area contributed by atoms with Gasteiger partial charge in [-0.2, -0.15) is 0 Å². The molecule has 63 heavy (non-hydrogen) atoms. The van der Waals surface area contributed by atoms with E-state index in [-0.39, 0.29) is 163 Å². The molecule has 3 nitrogen and oxygen atoms in total. The second-order valence-electron chi connectivity index (χ2n) is 21.1. The van der Waals surface area contributed by atoms with E-state index in [9.17, 15) is 21.9 Å². The van der Waals surface area contributed by atoms with Crippen molar-refractivity contribution in [1.82, 2.24) is 4.57 Å². The maximum atomic E-state index is 10.7. The third kappa shape index (κ3) is 5.45. The molecule has 5 heteroatoms. The quantitative estimate of drug-likeness (QED) is 0.152. The standard InChI is InChI=1S/C58H56BN3S/c1-55(2,3)33-20-24-44-40(26-33)41-27-35(57(7,8)9)31-49-53(41)61(44)46-18-15-17-42-54(46)62(49)48-30-36(58(10,11)12)29-47-52(48)59(42)43-28-34(56(4,5)6)21-25-45(43)60(47)37-22-23-39-38-16-13-14-19-50(38)63-51(39)32-37/h13-32H,1-12H3/i13D,14D,15D,16D,17D,18D,19D,20D,21D,22D,23D,24D,25D,26D,27D,28D,29D,30D,31D,32D. The first kappa shape index (κ1) is 23.2. The van der Waals surface area contributed by atoms with Gasteiger partial charge in [-0.05, 0) is 127 Å². The van der Waals surface area contributed by atoms with Crippen LogP contribution in [-0.2, 0) is 21.7 Å². The Bertz CT molecular complexity index is 4630. The molecule has 0 fully saturated rings. The minimum absolute atomic E-state index is 0.00776. The van der Waals surface area contributed by atoms with Gasteiger partial charge in [0.2, 0.25) is 0 Å². The summed E-state index contributed by atoms with van der Waals surface area (Å²) in [7, 11) is 0. The highest BCUT2D eigenvalue weighted by atomic mass is 32.1. The van der Waals surface area contributed by atoms with Gasteiger partial charge in [-0.25, -0.2) is 0 Å². The third-order valence-corrected chi connectivity index (χ3v) is 13.4. The van der Waals surface area contributed by atoms with Crippen LogP contribution < -0.4 is 26.2 Å². The van der Waals surface area contributed by atoms with E-state index in [0.717, 1.165) is 11.3 Å². The van der Waals surface area contributed by atoms with Gasteiger partial charge in [-0.15, -0.1) is 11.3 Å². The summed E-state index contributed by atoms with van der Waals surface area (Å²) in [5.74, 6) is 0. The molecule has 3 aliphatic heterocycles. The molecular weight excluding hydrogens is 782 g/mol. The van der Waals surface area contributed by atoms with Crippen molar-refractivity contribution >= 4 is 111 Å². The minimum atomic E-state index is -1.55. The molecule has 0 unspecified atom stereocenters. The van der Waals surface area contributed by atoms with E-state index in [2.05, 4.69) is 0 Å². The Kier molecular flexibility index (Phi) is 4.60. The SMILES string of the molecule is [2H]c1c([2H])c2c3c(c1[2H])-n1c4c([2H])c([2H])c(C(C)(C)C)c([2H])c4c4c([2H])c(C(C)(C)C)c([2H])c(c41)N3c1c([2H])c(C(C)(C)C)c([2H])c3c1B2c1c([2H])c(C(C)(C)C)c([2H])c([2H])c1N3c1c([2H])c([2H])c2c(sc3c([2H])c([2H])c([2H])c([2H])c32)c1[2H]. The Morgan fingerprint density at radius 1 is 0.444 bits per heavy atom. The topological polar surface area (TPSA) is 11.4 Å². The van der Waals surface area contributed by atoms with Crippen molar-refractivity contribution < 1.29 is 27.4 Å². The summed E-state index contributed by atoms with van der Waals surface area (Å²) < 4.78 is 198. The summed E-state index contributed by atoms with van der Waals surface area (Å²) in [5.41, 5.74) is -4.95. The van der Waals surface area contributed by atoms with Crippen LogP contribution in [0.25, 0.3) is 47.7 Å². The lowest BCUT2D eigenvalue weighted by molar-refractivity contribution is 0.590. The molecule has 0 saturated carbocycles. The van der Waals surface area contributed by atoms with Crippen LogP contribution in [0.2, 0.25) is 0 Å². The van der Waals surface area contributed by atoms with E-state index in [1.807, 2.05) is 41.5 Å². The van der Waals surface area contributed by atoms with E-state index in [1.165, 1.54) is 9.47 Å². The van der Waals surface area contributed by atoms with Gasteiger partial charge in [-0.1, -0.05) is 137 Å². The van der Waals surface area contributed by atoms with Crippen molar-refractivity contribution in [1.29, 1.82) is 0 Å². The van der Waals surface area contributed by atoms with Crippen LogP contribution in [0.3, 0.4) is 0 Å². The molecule has 0 saturated heterocycles. The summed E-state index contributed by atoms with van der Waals surface area (Å²) in [6, 6.07) is -8.77. The Morgan fingerprint density at radius 2 is 1.06 bits per heavy atom. The van der Waals surface area contributed by atoms with E-state index in [0.29, 0.717) is 0 Å². The van der Waals surface area contributed by atoms with E-state index < -0.39 is 107 Å². The lowest BCUT2D eigenvalue weighted by atomic mass is 9.33. The van der Waals surface area contributed by atoms with Gasteiger partial charge in [0.15, 0.2) is 0 Å². The molecule has 9 aromatic rings. The molecule has 7 aromatic carbocycles. The molecule has 3 aliphatic rings. The molecular formula is C58H56BN3S. The number of hydrogen-bond donors (Lipinski definition) is 0. The molecule has 0 N–H and O–H groups in total. The van der Waals surface area contributed by atoms with E-state index in [1.54, 1.807) is 46.4 Å². The molecule has 0 amide bonds. The zero-order valence-electron chi connectivity index (χ0n) is 57.3. The number of hydrogen-bond acceptors (Lipinski definition) is 3. The first-order valence-electron chi connectivity index (χ1n) is 31.3. The Hall–Kier alpha value is -5.78. The van der Waals surface area contributed by atoms with Crippen molar-refractivity contribution in [3.05, 3.63) is 143 Å². The number of aromatic nitrogens is 1. The van der Waals surface area contributed by atoms with E-state index in [4.69, 9.17) is 5.48 Å². The van der Waals surface area contributed by atoms with Crippen molar-refractivity contribution in [2.75, 3.05) is 9.80 Å². The number of fused-ring (bicyclic) bond motifs is 12. The maximum Gasteiger partial charge on any atom is 0.252 e. The second-order valence-corrected chi connectivity index (χ2v) is 22.1. The lowest BCUT2D eigenvalue weighted by Gasteiger charge is -2.47. The highest BCUT2D eigenvalue weighted by Crippen LogP contribution is 2.54. The van der Waals surface area contributed by atoms with Crippen LogP contribution in [0.4, 0.5) is 34.1 Å². The van der Waals surface area contributed by atoms with Gasteiger partial charge in [0.25, 0.3) is 6.71 Å². The van der Waals surface area contributed by atoms with Crippen LogP contribution in [0.15, 0.2) is 121 Å². The normalized spacial score (nSPS) is 19.0. The number of thiophene rings is 1. The molecule has 0 atom stereocenters.